The summed E-state index contributed by atoms with van der Waals surface area (Å²) < 4.78 is 35.0. The molecule has 5 rings (SSSR count). The molecule has 9 heteroatoms. The number of hydrogen-bond donors (Lipinski definition) is 1. The van der Waals surface area contributed by atoms with Crippen molar-refractivity contribution >= 4 is 38.4 Å². The summed E-state index contributed by atoms with van der Waals surface area (Å²) in [6, 6.07) is 19.0. The lowest BCUT2D eigenvalue weighted by molar-refractivity contribution is -0.122. The zero-order valence-corrected chi connectivity index (χ0v) is 21.5. The van der Waals surface area contributed by atoms with Crippen LogP contribution in [0.25, 0.3) is 10.9 Å². The van der Waals surface area contributed by atoms with Gasteiger partial charge < -0.3 is 4.74 Å². The lowest BCUT2D eigenvalue weighted by Crippen LogP contribution is -2.40. The normalized spacial score (nSPS) is 19.2. The second-order valence-electron chi connectivity index (χ2n) is 9.03. The molecule has 7 nitrogen and oxygen atoms in total. The van der Waals surface area contributed by atoms with E-state index < -0.39 is 21.3 Å². The van der Waals surface area contributed by atoms with E-state index in [2.05, 4.69) is 14.7 Å². The largest absolute Gasteiger partial charge is 0.496 e. The molecule has 2 atom stereocenters. The van der Waals surface area contributed by atoms with Crippen molar-refractivity contribution in [3.05, 3.63) is 94.4 Å². The van der Waals surface area contributed by atoms with Crippen LogP contribution >= 0.6 is 11.6 Å². The first-order chi connectivity index (χ1) is 17.2. The smallest absolute Gasteiger partial charge is 0.264 e. The van der Waals surface area contributed by atoms with Crippen molar-refractivity contribution in [1.82, 2.24) is 14.7 Å². The Hall–Kier alpha value is -3.49. The minimum Gasteiger partial charge on any atom is -0.496 e. The molecule has 0 saturated heterocycles. The molecule has 1 N–H and O–H groups in total. The number of sulfonamides is 1. The summed E-state index contributed by atoms with van der Waals surface area (Å²) in [6.45, 7) is 3.74. The fourth-order valence-corrected chi connectivity index (χ4v) is 6.24. The Morgan fingerprint density at radius 1 is 1.06 bits per heavy atom. The number of nitrogens with one attached hydrogen (secondary N) is 1. The van der Waals surface area contributed by atoms with Crippen LogP contribution in [0.5, 0.6) is 5.75 Å². The van der Waals surface area contributed by atoms with Crippen LogP contribution in [0, 0.1) is 13.8 Å². The predicted molar refractivity (Wildman–Crippen MR) is 138 cm³/mol. The van der Waals surface area contributed by atoms with Gasteiger partial charge in [0.15, 0.2) is 0 Å². The van der Waals surface area contributed by atoms with E-state index in [1.807, 2.05) is 26.0 Å². The predicted octanol–water partition coefficient (Wildman–Crippen LogP) is 4.84. The number of nitrogens with zero attached hydrogens (tertiary/aromatic N) is 2. The first-order valence-corrected chi connectivity index (χ1v) is 13.2. The van der Waals surface area contributed by atoms with Crippen LogP contribution in [0.4, 0.5) is 0 Å². The Morgan fingerprint density at radius 3 is 2.58 bits per heavy atom. The Kier molecular flexibility index (Phi) is 5.97. The minimum absolute atomic E-state index is 0.00899. The van der Waals surface area contributed by atoms with E-state index in [0.29, 0.717) is 39.5 Å². The van der Waals surface area contributed by atoms with Gasteiger partial charge in [0, 0.05) is 28.3 Å². The van der Waals surface area contributed by atoms with Crippen LogP contribution in [-0.2, 0) is 20.2 Å². The summed E-state index contributed by atoms with van der Waals surface area (Å²) in [5, 5.41) is 0.741. The van der Waals surface area contributed by atoms with Gasteiger partial charge >= 0.3 is 0 Å². The molecule has 1 amide bonds. The maximum absolute atomic E-state index is 13.9. The summed E-state index contributed by atoms with van der Waals surface area (Å²) in [5.41, 5.74) is 2.25. The van der Waals surface area contributed by atoms with Gasteiger partial charge in [0.05, 0.1) is 22.9 Å². The lowest BCUT2D eigenvalue weighted by Gasteiger charge is -2.21. The number of aromatic nitrogens is 2. The van der Waals surface area contributed by atoms with Gasteiger partial charge in [-0.05, 0) is 62.7 Å². The third-order valence-corrected chi connectivity index (χ3v) is 8.24. The van der Waals surface area contributed by atoms with E-state index in [1.54, 1.807) is 48.5 Å². The van der Waals surface area contributed by atoms with E-state index in [1.165, 1.54) is 13.2 Å². The van der Waals surface area contributed by atoms with Crippen molar-refractivity contribution in [3.63, 3.8) is 0 Å². The Balaban J connectivity index is 1.60. The molecule has 0 radical (unpaired) electrons. The van der Waals surface area contributed by atoms with E-state index in [9.17, 15) is 13.2 Å². The molecule has 2 aromatic carbocycles. The lowest BCUT2D eigenvalue weighted by atomic mass is 9.89. The molecule has 1 aliphatic carbocycles. The molecule has 1 fully saturated rings. The van der Waals surface area contributed by atoms with E-state index in [4.69, 9.17) is 16.3 Å². The van der Waals surface area contributed by atoms with Crippen LogP contribution in [0.3, 0.4) is 0 Å². The Labute approximate surface area is 214 Å². The number of hydrogen-bond acceptors (Lipinski definition) is 6. The zero-order chi connectivity index (χ0) is 25.7. The number of pyridine rings is 2. The second-order valence-corrected chi connectivity index (χ2v) is 11.1. The monoisotopic (exact) mass is 521 g/mol. The standard InChI is InChI=1S/C27H24ClN3O4S/c1-16-10-13-23(35-3)19(14-16)27(15-20(27)22-7-5-9-25(28)30-22)26(32)31-36(33,34)24-8-4-6-21-18(24)12-11-17(2)29-21/h4-14,20H,15H2,1-3H3,(H,31,32)/t20-,27+/m0/s1. The molecule has 184 valence electrons. The first-order valence-electron chi connectivity index (χ1n) is 11.4. The molecule has 1 saturated carbocycles. The van der Waals surface area contributed by atoms with Crippen molar-refractivity contribution in [2.45, 2.75) is 36.5 Å². The van der Waals surface area contributed by atoms with Crippen molar-refractivity contribution in [1.29, 1.82) is 0 Å². The van der Waals surface area contributed by atoms with Crippen LogP contribution < -0.4 is 9.46 Å². The molecule has 2 aromatic heterocycles. The summed E-state index contributed by atoms with van der Waals surface area (Å²) in [5.74, 6) is -0.517. The summed E-state index contributed by atoms with van der Waals surface area (Å²) >= 11 is 6.13. The average Bonchev–Trinajstić information content (AvgIpc) is 3.60. The molecule has 0 unspecified atom stereocenters. The molecular weight excluding hydrogens is 498 g/mol. The maximum Gasteiger partial charge on any atom is 0.264 e. The number of benzene rings is 2. The zero-order valence-electron chi connectivity index (χ0n) is 19.9. The molecule has 2 heterocycles. The summed E-state index contributed by atoms with van der Waals surface area (Å²) in [7, 11) is -2.70. The number of carbonyl (C=O) groups excluding carboxylic acids is 1. The molecule has 4 aromatic rings. The molecule has 1 aliphatic rings. The van der Waals surface area contributed by atoms with Gasteiger partial charge in [-0.1, -0.05) is 41.4 Å². The second kappa shape index (κ2) is 8.87. The fourth-order valence-electron chi connectivity index (χ4n) is 4.81. The van der Waals surface area contributed by atoms with Crippen LogP contribution in [0.2, 0.25) is 5.15 Å². The number of ether oxygens (including phenoxy) is 1. The van der Waals surface area contributed by atoms with Gasteiger partial charge in [-0.15, -0.1) is 0 Å². The summed E-state index contributed by atoms with van der Waals surface area (Å²) in [4.78, 5) is 22.7. The number of amides is 1. The Morgan fingerprint density at radius 2 is 1.83 bits per heavy atom. The highest BCUT2D eigenvalue weighted by Crippen LogP contribution is 2.62. The van der Waals surface area contributed by atoms with E-state index in [0.717, 1.165) is 11.3 Å². The molecule has 0 aliphatic heterocycles. The average molecular weight is 522 g/mol. The van der Waals surface area contributed by atoms with Gasteiger partial charge in [-0.3, -0.25) is 9.78 Å². The van der Waals surface area contributed by atoms with Gasteiger partial charge in [0.25, 0.3) is 10.0 Å². The van der Waals surface area contributed by atoms with Gasteiger partial charge in [-0.25, -0.2) is 18.1 Å². The molecule has 36 heavy (non-hydrogen) atoms. The molecule has 0 spiro atoms. The molecule has 0 bridgehead atoms. The number of methoxy groups -OCH3 is 1. The van der Waals surface area contributed by atoms with E-state index >= 15 is 0 Å². The van der Waals surface area contributed by atoms with Crippen LogP contribution in [-0.4, -0.2) is 31.4 Å². The van der Waals surface area contributed by atoms with Gasteiger partial charge in [0.2, 0.25) is 5.91 Å². The third kappa shape index (κ3) is 4.10. The topological polar surface area (TPSA) is 98.2 Å². The maximum atomic E-state index is 13.9. The first kappa shape index (κ1) is 24.2. The highest BCUT2D eigenvalue weighted by Gasteiger charge is 2.64. The van der Waals surface area contributed by atoms with Gasteiger partial charge in [0.1, 0.15) is 10.9 Å². The molecular formula is C27H24ClN3O4S. The number of fused-ring (bicyclic) bond motifs is 1. The quantitative estimate of drug-likeness (QED) is 0.365. The van der Waals surface area contributed by atoms with Crippen molar-refractivity contribution in [2.75, 3.05) is 7.11 Å². The summed E-state index contributed by atoms with van der Waals surface area (Å²) in [6.07, 6.45) is 0.359. The third-order valence-electron chi connectivity index (χ3n) is 6.64. The highest BCUT2D eigenvalue weighted by atomic mass is 35.5. The number of halogens is 1. The highest BCUT2D eigenvalue weighted by molar-refractivity contribution is 7.90. The Bertz CT molecular complexity index is 1620. The van der Waals surface area contributed by atoms with Gasteiger partial charge in [-0.2, -0.15) is 0 Å². The number of rotatable bonds is 6. The number of aryl methyl sites for hydroxylation is 2. The van der Waals surface area contributed by atoms with Crippen molar-refractivity contribution in [2.24, 2.45) is 0 Å². The fraction of sp³-hybridized carbons (Fsp3) is 0.222. The van der Waals surface area contributed by atoms with Crippen LogP contribution in [0.15, 0.2) is 71.6 Å². The number of carbonyl (C=O) groups is 1. The van der Waals surface area contributed by atoms with Crippen LogP contribution in [0.1, 0.15) is 34.9 Å². The minimum atomic E-state index is -4.22. The SMILES string of the molecule is COc1ccc(C)cc1[C@]1(C(=O)NS(=O)(=O)c2cccc3nc(C)ccc23)C[C@H]1c1cccc(Cl)n1. The van der Waals surface area contributed by atoms with Crippen molar-refractivity contribution < 1.29 is 17.9 Å². The van der Waals surface area contributed by atoms with E-state index in [-0.39, 0.29) is 10.8 Å². The van der Waals surface area contributed by atoms with Crippen molar-refractivity contribution in [3.8, 4) is 5.75 Å².